The summed E-state index contributed by atoms with van der Waals surface area (Å²) < 4.78 is 11.2. The van der Waals surface area contributed by atoms with Crippen molar-refractivity contribution in [2.24, 2.45) is 0 Å². The Bertz CT molecular complexity index is 1450. The number of benzene rings is 3. The Morgan fingerprint density at radius 3 is 2.76 bits per heavy atom. The molecule has 0 saturated carbocycles. The highest BCUT2D eigenvalue weighted by molar-refractivity contribution is 6.52. The van der Waals surface area contributed by atoms with Gasteiger partial charge in [0, 0.05) is 16.3 Å². The molecule has 0 radical (unpaired) electrons. The quantitative estimate of drug-likeness (QED) is 0.255. The number of hydrogen-bond acceptors (Lipinski definition) is 6. The molecular weight excluding hydrogens is 494 g/mol. The molecule has 3 aromatic rings. The lowest BCUT2D eigenvalue weighted by Gasteiger charge is -2.27. The normalized spacial score (nSPS) is 18.5. The number of carbonyl (C=O) groups is 2. The van der Waals surface area contributed by atoms with Gasteiger partial charge in [0.15, 0.2) is 11.5 Å². The Hall–Kier alpha value is -3.97. The lowest BCUT2D eigenvalue weighted by molar-refractivity contribution is -0.132. The number of aromatic hydroxyl groups is 1. The Labute approximate surface area is 219 Å². The average molecular weight is 520 g/mol. The lowest BCUT2D eigenvalue weighted by atomic mass is 9.93. The summed E-state index contributed by atoms with van der Waals surface area (Å²) in [6, 6.07) is 14.0. The number of hydrogen-bond donors (Lipinski definition) is 2. The van der Waals surface area contributed by atoms with E-state index in [1.807, 2.05) is 0 Å². The zero-order valence-electron chi connectivity index (χ0n) is 20.5. The molecule has 1 unspecified atom stereocenters. The molecule has 1 fully saturated rings. The highest BCUT2D eigenvalue weighted by Gasteiger charge is 2.47. The lowest BCUT2D eigenvalue weighted by Crippen LogP contribution is -2.30. The second kappa shape index (κ2) is 9.82. The number of phenols is 1. The first kappa shape index (κ1) is 24.7. The third kappa shape index (κ3) is 4.29. The molecule has 0 bridgehead atoms. The summed E-state index contributed by atoms with van der Waals surface area (Å²) in [5, 5.41) is 22.2. The number of anilines is 1. The molecule has 5 rings (SSSR count). The van der Waals surface area contributed by atoms with Crippen LogP contribution in [0, 0.1) is 6.92 Å². The number of fused-ring (bicyclic) bond motifs is 1. The van der Waals surface area contributed by atoms with E-state index in [9.17, 15) is 19.8 Å². The van der Waals surface area contributed by atoms with Crippen molar-refractivity contribution in [3.8, 4) is 17.2 Å². The SMILES string of the molecule is CCOc1cc(C2/C(=C(\O)c3ccc4c(c3)CCCO4)C(=O)C(=O)N2c2cccc(Cl)c2C)ccc1O. The van der Waals surface area contributed by atoms with E-state index in [1.165, 1.54) is 11.0 Å². The van der Waals surface area contributed by atoms with Gasteiger partial charge in [-0.1, -0.05) is 23.7 Å². The molecule has 0 spiro atoms. The minimum Gasteiger partial charge on any atom is -0.507 e. The molecule has 1 atom stereocenters. The summed E-state index contributed by atoms with van der Waals surface area (Å²) in [5.41, 5.74) is 2.83. The number of aryl methyl sites for hydroxylation is 1. The maximum Gasteiger partial charge on any atom is 0.300 e. The van der Waals surface area contributed by atoms with Crippen LogP contribution in [0.15, 0.2) is 60.2 Å². The second-order valence-electron chi connectivity index (χ2n) is 8.99. The number of aliphatic hydroxyl groups is 1. The summed E-state index contributed by atoms with van der Waals surface area (Å²) >= 11 is 6.37. The number of ketones is 1. The van der Waals surface area contributed by atoms with Gasteiger partial charge in [0.2, 0.25) is 0 Å². The van der Waals surface area contributed by atoms with Crippen LogP contribution < -0.4 is 14.4 Å². The van der Waals surface area contributed by atoms with Crippen molar-refractivity contribution in [3.05, 3.63) is 87.4 Å². The van der Waals surface area contributed by atoms with Crippen LogP contribution in [0.4, 0.5) is 5.69 Å². The van der Waals surface area contributed by atoms with Crippen LogP contribution in [0.3, 0.4) is 0 Å². The zero-order valence-corrected chi connectivity index (χ0v) is 21.2. The van der Waals surface area contributed by atoms with Gasteiger partial charge >= 0.3 is 0 Å². The molecule has 2 N–H and O–H groups in total. The predicted molar refractivity (Wildman–Crippen MR) is 141 cm³/mol. The Kier molecular flexibility index (Phi) is 6.56. The Morgan fingerprint density at radius 1 is 1.16 bits per heavy atom. The molecule has 37 heavy (non-hydrogen) atoms. The zero-order chi connectivity index (χ0) is 26.3. The third-order valence-corrected chi connectivity index (χ3v) is 7.13. The van der Waals surface area contributed by atoms with Gasteiger partial charge in [0.1, 0.15) is 11.5 Å². The van der Waals surface area contributed by atoms with Crippen molar-refractivity contribution >= 4 is 34.7 Å². The van der Waals surface area contributed by atoms with Crippen molar-refractivity contribution in [2.75, 3.05) is 18.1 Å². The fourth-order valence-corrected chi connectivity index (χ4v) is 5.06. The van der Waals surface area contributed by atoms with Gasteiger partial charge in [-0.05, 0) is 85.8 Å². The van der Waals surface area contributed by atoms with Gasteiger partial charge < -0.3 is 19.7 Å². The van der Waals surface area contributed by atoms with E-state index in [-0.39, 0.29) is 22.8 Å². The number of carbonyl (C=O) groups excluding carboxylic acids is 2. The van der Waals surface area contributed by atoms with Crippen molar-refractivity contribution < 1.29 is 29.3 Å². The van der Waals surface area contributed by atoms with E-state index in [2.05, 4.69) is 0 Å². The minimum atomic E-state index is -0.982. The molecular formula is C29H26ClNO6. The number of amides is 1. The number of nitrogens with zero attached hydrogens (tertiary/aromatic N) is 1. The average Bonchev–Trinajstić information content (AvgIpc) is 3.16. The molecule has 7 nitrogen and oxygen atoms in total. The van der Waals surface area contributed by atoms with Crippen molar-refractivity contribution in [2.45, 2.75) is 32.7 Å². The maximum absolute atomic E-state index is 13.5. The minimum absolute atomic E-state index is 0.0609. The fraction of sp³-hybridized carbons (Fsp3) is 0.241. The number of ether oxygens (including phenoxy) is 2. The van der Waals surface area contributed by atoms with Crippen molar-refractivity contribution in [3.63, 3.8) is 0 Å². The molecule has 190 valence electrons. The molecule has 2 heterocycles. The summed E-state index contributed by atoms with van der Waals surface area (Å²) in [4.78, 5) is 28.3. The smallest absolute Gasteiger partial charge is 0.300 e. The van der Waals surface area contributed by atoms with E-state index < -0.39 is 17.7 Å². The first-order chi connectivity index (χ1) is 17.8. The summed E-state index contributed by atoms with van der Waals surface area (Å²) in [7, 11) is 0. The standard InChI is InChI=1S/C29H26ClNO6/c1-3-36-24-15-18(9-11-22(24)32)26-25(27(33)19-10-12-23-17(14-19)6-5-13-37-23)28(34)29(35)31(26)21-8-4-7-20(30)16(21)2/h4,7-12,14-15,26,32-33H,3,5-6,13H2,1-2H3/b27-25+. The van der Waals surface area contributed by atoms with Gasteiger partial charge in [0.05, 0.1) is 24.8 Å². The number of halogens is 1. The monoisotopic (exact) mass is 519 g/mol. The molecule has 1 saturated heterocycles. The number of aliphatic hydroxyl groups excluding tert-OH is 1. The van der Waals surface area contributed by atoms with Gasteiger partial charge in [-0.2, -0.15) is 0 Å². The van der Waals surface area contributed by atoms with Crippen LogP contribution in [-0.4, -0.2) is 35.1 Å². The van der Waals surface area contributed by atoms with Gasteiger partial charge in [0.25, 0.3) is 11.7 Å². The fourth-order valence-electron chi connectivity index (χ4n) is 4.89. The van der Waals surface area contributed by atoms with E-state index >= 15 is 0 Å². The van der Waals surface area contributed by atoms with Crippen LogP contribution >= 0.6 is 11.6 Å². The maximum atomic E-state index is 13.5. The summed E-state index contributed by atoms with van der Waals surface area (Å²) in [6.07, 6.45) is 1.63. The highest BCUT2D eigenvalue weighted by Crippen LogP contribution is 2.45. The van der Waals surface area contributed by atoms with Crippen LogP contribution in [0.2, 0.25) is 5.02 Å². The highest BCUT2D eigenvalue weighted by atomic mass is 35.5. The molecule has 0 aliphatic carbocycles. The Morgan fingerprint density at radius 2 is 1.97 bits per heavy atom. The summed E-state index contributed by atoms with van der Waals surface area (Å²) in [5.74, 6) is -1.01. The van der Waals surface area contributed by atoms with Gasteiger partial charge in [-0.3, -0.25) is 14.5 Å². The third-order valence-electron chi connectivity index (χ3n) is 6.72. The summed E-state index contributed by atoms with van der Waals surface area (Å²) in [6.45, 7) is 4.49. The van der Waals surface area contributed by atoms with E-state index in [4.69, 9.17) is 21.1 Å². The molecule has 8 heteroatoms. The first-order valence-electron chi connectivity index (χ1n) is 12.1. The number of Topliss-reactive ketones (excluding diaryl/α,β-unsaturated/α-hetero) is 1. The van der Waals surface area contributed by atoms with E-state index in [0.717, 1.165) is 24.2 Å². The molecule has 3 aromatic carbocycles. The van der Waals surface area contributed by atoms with E-state index in [1.54, 1.807) is 62.4 Å². The van der Waals surface area contributed by atoms with Crippen LogP contribution in [0.1, 0.15) is 41.6 Å². The predicted octanol–water partition coefficient (Wildman–Crippen LogP) is 5.70. The van der Waals surface area contributed by atoms with Crippen molar-refractivity contribution in [1.29, 1.82) is 0 Å². The largest absolute Gasteiger partial charge is 0.507 e. The molecule has 2 aliphatic heterocycles. The molecule has 0 aromatic heterocycles. The Balaban J connectivity index is 1.73. The van der Waals surface area contributed by atoms with Gasteiger partial charge in [-0.25, -0.2) is 0 Å². The van der Waals surface area contributed by atoms with Crippen LogP contribution in [0.25, 0.3) is 5.76 Å². The molecule has 1 amide bonds. The van der Waals surface area contributed by atoms with Crippen LogP contribution in [0.5, 0.6) is 17.2 Å². The first-order valence-corrected chi connectivity index (χ1v) is 12.5. The van der Waals surface area contributed by atoms with E-state index in [0.29, 0.717) is 40.6 Å². The second-order valence-corrected chi connectivity index (χ2v) is 9.39. The van der Waals surface area contributed by atoms with Gasteiger partial charge in [-0.15, -0.1) is 0 Å². The van der Waals surface area contributed by atoms with Crippen molar-refractivity contribution in [1.82, 2.24) is 0 Å². The molecule has 2 aliphatic rings. The number of phenolic OH excluding ortho intramolecular Hbond substituents is 1. The van der Waals surface area contributed by atoms with Crippen LogP contribution in [-0.2, 0) is 16.0 Å². The topological polar surface area (TPSA) is 96.3 Å². The number of rotatable bonds is 5.